The molecule has 296 valence electrons. The van der Waals surface area contributed by atoms with Crippen LogP contribution in [0.15, 0.2) is 261 Å². The number of anilines is 3. The third kappa shape index (κ3) is 7.47. The van der Waals surface area contributed by atoms with Crippen LogP contribution in [-0.4, -0.2) is 0 Å². The van der Waals surface area contributed by atoms with E-state index in [4.69, 9.17) is 0 Å². The maximum atomic E-state index is 2.41. The van der Waals surface area contributed by atoms with Crippen molar-refractivity contribution in [3.05, 3.63) is 261 Å². The van der Waals surface area contributed by atoms with Crippen molar-refractivity contribution >= 4 is 38.6 Å². The standard InChI is InChI=1S/C62H43N/c1-3-15-44(16-4-1)54-35-40-59(61(43-54)49-19-5-2-6-20-49)57-23-11-12-24-58(57)60-25-13-14-26-62(60)63(55-36-31-47(32-37-55)52-29-27-45-17-7-9-21-50(45)41-52)56-38-33-48(34-39-56)53-30-28-46-18-8-10-22-51(46)42-53/h1-43H. The molecular formula is C62H43N. The highest BCUT2D eigenvalue weighted by molar-refractivity contribution is 5.98. The Morgan fingerprint density at radius 3 is 1.11 bits per heavy atom. The van der Waals surface area contributed by atoms with Crippen molar-refractivity contribution in [3.63, 3.8) is 0 Å². The van der Waals surface area contributed by atoms with Crippen molar-refractivity contribution in [1.29, 1.82) is 0 Å². The predicted octanol–water partition coefficient (Wildman–Crippen LogP) is 17.5. The van der Waals surface area contributed by atoms with Gasteiger partial charge in [0.15, 0.2) is 0 Å². The van der Waals surface area contributed by atoms with Gasteiger partial charge in [-0.25, -0.2) is 0 Å². The van der Waals surface area contributed by atoms with Gasteiger partial charge in [0.05, 0.1) is 5.69 Å². The molecule has 1 heteroatoms. The van der Waals surface area contributed by atoms with Gasteiger partial charge in [0.25, 0.3) is 0 Å². The Bertz CT molecular complexity index is 3240. The molecule has 11 aromatic carbocycles. The Morgan fingerprint density at radius 2 is 0.556 bits per heavy atom. The molecule has 11 rings (SSSR count). The molecule has 0 fully saturated rings. The topological polar surface area (TPSA) is 3.24 Å². The fourth-order valence-electron chi connectivity index (χ4n) is 9.07. The van der Waals surface area contributed by atoms with Crippen molar-refractivity contribution in [2.75, 3.05) is 4.90 Å². The van der Waals surface area contributed by atoms with Gasteiger partial charge in [0, 0.05) is 16.9 Å². The zero-order valence-electron chi connectivity index (χ0n) is 34.8. The van der Waals surface area contributed by atoms with Crippen LogP contribution in [-0.2, 0) is 0 Å². The van der Waals surface area contributed by atoms with E-state index in [1.165, 1.54) is 82.7 Å². The Morgan fingerprint density at radius 1 is 0.190 bits per heavy atom. The largest absolute Gasteiger partial charge is 0.310 e. The van der Waals surface area contributed by atoms with Crippen LogP contribution in [0.25, 0.3) is 88.3 Å². The van der Waals surface area contributed by atoms with Gasteiger partial charge in [-0.15, -0.1) is 0 Å². The molecule has 11 aromatic rings. The molecule has 1 nitrogen and oxygen atoms in total. The van der Waals surface area contributed by atoms with Crippen LogP contribution in [0.3, 0.4) is 0 Å². The maximum absolute atomic E-state index is 2.41. The molecular weight excluding hydrogens is 759 g/mol. The predicted molar refractivity (Wildman–Crippen MR) is 269 cm³/mol. The number of rotatable bonds is 9. The number of benzene rings is 11. The Balaban J connectivity index is 1.05. The Kier molecular flexibility index (Phi) is 9.97. The highest BCUT2D eigenvalue weighted by atomic mass is 15.1. The van der Waals surface area contributed by atoms with E-state index in [0.717, 1.165) is 22.6 Å². The third-order valence-electron chi connectivity index (χ3n) is 12.3. The van der Waals surface area contributed by atoms with E-state index in [9.17, 15) is 0 Å². The van der Waals surface area contributed by atoms with E-state index >= 15 is 0 Å². The normalized spacial score (nSPS) is 11.2. The molecule has 0 aliphatic heterocycles. The smallest absolute Gasteiger partial charge is 0.0540 e. The number of para-hydroxylation sites is 1. The third-order valence-corrected chi connectivity index (χ3v) is 12.3. The molecule has 0 unspecified atom stereocenters. The number of hydrogen-bond donors (Lipinski definition) is 0. The van der Waals surface area contributed by atoms with Crippen LogP contribution >= 0.6 is 0 Å². The number of fused-ring (bicyclic) bond motifs is 2. The molecule has 0 bridgehead atoms. The second-order valence-corrected chi connectivity index (χ2v) is 16.1. The van der Waals surface area contributed by atoms with Crippen molar-refractivity contribution in [3.8, 4) is 66.8 Å². The van der Waals surface area contributed by atoms with E-state index in [2.05, 4.69) is 266 Å². The van der Waals surface area contributed by atoms with Crippen LogP contribution in [0, 0.1) is 0 Å². The average molecular weight is 802 g/mol. The second kappa shape index (κ2) is 16.7. The summed E-state index contributed by atoms with van der Waals surface area (Å²) >= 11 is 0. The first-order chi connectivity index (χ1) is 31.2. The Hall–Kier alpha value is -8.26. The lowest BCUT2D eigenvalue weighted by molar-refractivity contribution is 1.28. The van der Waals surface area contributed by atoms with Crippen molar-refractivity contribution in [2.45, 2.75) is 0 Å². The summed E-state index contributed by atoms with van der Waals surface area (Å²) in [5.74, 6) is 0. The van der Waals surface area contributed by atoms with E-state index in [1.54, 1.807) is 0 Å². The van der Waals surface area contributed by atoms with Crippen LogP contribution < -0.4 is 4.90 Å². The monoisotopic (exact) mass is 801 g/mol. The highest BCUT2D eigenvalue weighted by Crippen LogP contribution is 2.46. The minimum Gasteiger partial charge on any atom is -0.310 e. The zero-order valence-corrected chi connectivity index (χ0v) is 34.8. The van der Waals surface area contributed by atoms with E-state index in [-0.39, 0.29) is 0 Å². The van der Waals surface area contributed by atoms with E-state index < -0.39 is 0 Å². The SMILES string of the molecule is c1ccc(-c2ccc(-c3ccccc3-c3ccccc3N(c3ccc(-c4ccc5ccccc5c4)cc3)c3ccc(-c4ccc5ccccc5c4)cc3)c(-c3ccccc3)c2)cc1. The van der Waals surface area contributed by atoms with Crippen molar-refractivity contribution in [1.82, 2.24) is 0 Å². The minimum atomic E-state index is 1.08. The summed E-state index contributed by atoms with van der Waals surface area (Å²) in [6.07, 6.45) is 0. The summed E-state index contributed by atoms with van der Waals surface area (Å²) in [6, 6.07) is 94.8. The summed E-state index contributed by atoms with van der Waals surface area (Å²) in [7, 11) is 0. The maximum Gasteiger partial charge on any atom is 0.0540 e. The quantitative estimate of drug-likeness (QED) is 0.141. The first-order valence-electron chi connectivity index (χ1n) is 21.7. The van der Waals surface area contributed by atoms with Crippen molar-refractivity contribution in [2.24, 2.45) is 0 Å². The van der Waals surface area contributed by atoms with Crippen LogP contribution in [0.5, 0.6) is 0 Å². The fourth-order valence-corrected chi connectivity index (χ4v) is 9.07. The summed E-state index contributed by atoms with van der Waals surface area (Å²) in [4.78, 5) is 2.41. The molecule has 0 aromatic heterocycles. The highest BCUT2D eigenvalue weighted by Gasteiger charge is 2.21. The molecule has 0 heterocycles. The molecule has 0 saturated carbocycles. The molecule has 0 radical (unpaired) electrons. The lowest BCUT2D eigenvalue weighted by atomic mass is 9.87. The van der Waals surface area contributed by atoms with E-state index in [1.807, 2.05) is 0 Å². The van der Waals surface area contributed by atoms with Gasteiger partial charge in [0.1, 0.15) is 0 Å². The molecule has 0 saturated heterocycles. The van der Waals surface area contributed by atoms with Gasteiger partial charge < -0.3 is 4.90 Å². The zero-order chi connectivity index (χ0) is 42.0. The second-order valence-electron chi connectivity index (χ2n) is 16.1. The summed E-state index contributed by atoms with van der Waals surface area (Å²) in [5.41, 5.74) is 17.5. The van der Waals surface area contributed by atoms with Gasteiger partial charge in [-0.05, 0) is 131 Å². The molecule has 0 atom stereocenters. The molecule has 0 N–H and O–H groups in total. The van der Waals surface area contributed by atoms with E-state index in [0.29, 0.717) is 0 Å². The van der Waals surface area contributed by atoms with Gasteiger partial charge >= 0.3 is 0 Å². The molecule has 63 heavy (non-hydrogen) atoms. The lowest BCUT2D eigenvalue weighted by Gasteiger charge is -2.29. The van der Waals surface area contributed by atoms with Crippen LogP contribution in [0.1, 0.15) is 0 Å². The fraction of sp³-hybridized carbons (Fsp3) is 0. The van der Waals surface area contributed by atoms with Crippen LogP contribution in [0.2, 0.25) is 0 Å². The van der Waals surface area contributed by atoms with Gasteiger partial charge in [-0.2, -0.15) is 0 Å². The lowest BCUT2D eigenvalue weighted by Crippen LogP contribution is -2.11. The van der Waals surface area contributed by atoms with Gasteiger partial charge in [0.2, 0.25) is 0 Å². The molecule has 0 spiro atoms. The summed E-state index contributed by atoms with van der Waals surface area (Å²) in [5, 5.41) is 4.97. The summed E-state index contributed by atoms with van der Waals surface area (Å²) < 4.78 is 0. The molecule has 0 aliphatic rings. The summed E-state index contributed by atoms with van der Waals surface area (Å²) in [6.45, 7) is 0. The molecule has 0 amide bonds. The minimum absolute atomic E-state index is 1.08. The van der Waals surface area contributed by atoms with Gasteiger partial charge in [-0.1, -0.05) is 212 Å². The first kappa shape index (κ1) is 37.7. The first-order valence-corrected chi connectivity index (χ1v) is 21.7. The Labute approximate surface area is 369 Å². The van der Waals surface area contributed by atoms with Crippen LogP contribution in [0.4, 0.5) is 17.1 Å². The van der Waals surface area contributed by atoms with Gasteiger partial charge in [-0.3, -0.25) is 0 Å². The average Bonchev–Trinajstić information content (AvgIpc) is 3.37. The molecule has 0 aliphatic carbocycles. The van der Waals surface area contributed by atoms with Crippen molar-refractivity contribution < 1.29 is 0 Å². The number of nitrogens with zero attached hydrogens (tertiary/aromatic N) is 1. The number of hydrogen-bond acceptors (Lipinski definition) is 1.